The summed E-state index contributed by atoms with van der Waals surface area (Å²) in [6, 6.07) is 5.58. The molecule has 1 N–H and O–H groups in total. The van der Waals surface area contributed by atoms with Gasteiger partial charge < -0.3 is 9.52 Å². The lowest BCUT2D eigenvalue weighted by Crippen LogP contribution is -2.26. The molecule has 0 saturated heterocycles. The Morgan fingerprint density at radius 1 is 1.45 bits per heavy atom. The van der Waals surface area contributed by atoms with Gasteiger partial charge in [-0.05, 0) is 55.5 Å². The Morgan fingerprint density at radius 3 is 3.05 bits per heavy atom. The summed E-state index contributed by atoms with van der Waals surface area (Å²) in [5.41, 5.74) is 1.39. The molecule has 1 aliphatic heterocycles. The van der Waals surface area contributed by atoms with Crippen LogP contribution >= 0.6 is 11.3 Å². The second kappa shape index (κ2) is 5.42. The van der Waals surface area contributed by atoms with E-state index in [9.17, 15) is 4.79 Å². The number of carboxylic acids is 1. The molecule has 1 unspecified atom stereocenters. The van der Waals surface area contributed by atoms with Crippen LogP contribution in [0, 0.1) is 0 Å². The fraction of sp³-hybridized carbons (Fsp3) is 0.400. The van der Waals surface area contributed by atoms with Crippen molar-refractivity contribution < 1.29 is 14.3 Å². The molecule has 0 amide bonds. The van der Waals surface area contributed by atoms with Crippen LogP contribution in [-0.4, -0.2) is 22.5 Å². The topological polar surface area (TPSA) is 53.7 Å². The van der Waals surface area contributed by atoms with E-state index in [1.165, 1.54) is 16.5 Å². The van der Waals surface area contributed by atoms with Crippen LogP contribution in [0.4, 0.5) is 0 Å². The number of aromatic carboxylic acids is 1. The first-order valence-electron chi connectivity index (χ1n) is 6.77. The minimum atomic E-state index is -1.01. The molecule has 4 nitrogen and oxygen atoms in total. The molecule has 0 bridgehead atoms. The molecule has 0 aliphatic carbocycles. The maximum absolute atomic E-state index is 10.9. The minimum absolute atomic E-state index is 0.0119. The lowest BCUT2D eigenvalue weighted by Gasteiger charge is -2.26. The Bertz CT molecular complexity index is 616. The Hall–Kier alpha value is -1.59. The summed E-state index contributed by atoms with van der Waals surface area (Å²) in [6.07, 6.45) is 2.26. The van der Waals surface area contributed by atoms with Gasteiger partial charge in [0, 0.05) is 11.4 Å². The van der Waals surface area contributed by atoms with E-state index in [0.717, 1.165) is 31.7 Å². The van der Waals surface area contributed by atoms with Gasteiger partial charge in [-0.3, -0.25) is 4.90 Å². The van der Waals surface area contributed by atoms with Crippen molar-refractivity contribution in [3.8, 4) is 0 Å². The van der Waals surface area contributed by atoms with Gasteiger partial charge in [0.2, 0.25) is 5.76 Å². The van der Waals surface area contributed by atoms with Crippen LogP contribution in [0.5, 0.6) is 0 Å². The van der Waals surface area contributed by atoms with Crippen molar-refractivity contribution in [1.29, 1.82) is 0 Å². The van der Waals surface area contributed by atoms with Gasteiger partial charge in [0.15, 0.2) is 0 Å². The monoisotopic (exact) mass is 291 g/mol. The van der Waals surface area contributed by atoms with Gasteiger partial charge in [-0.25, -0.2) is 4.79 Å². The van der Waals surface area contributed by atoms with E-state index >= 15 is 0 Å². The van der Waals surface area contributed by atoms with Crippen LogP contribution < -0.4 is 0 Å². The molecule has 1 aliphatic rings. The third kappa shape index (κ3) is 2.51. The molecule has 0 spiro atoms. The number of thiophene rings is 1. The molecular weight excluding hydrogens is 274 g/mol. The maximum atomic E-state index is 10.9. The van der Waals surface area contributed by atoms with Crippen molar-refractivity contribution in [2.45, 2.75) is 32.4 Å². The Balaban J connectivity index is 1.79. The second-order valence-corrected chi connectivity index (χ2v) is 6.13. The smallest absolute Gasteiger partial charge is 0.371 e. The van der Waals surface area contributed by atoms with Crippen LogP contribution in [-0.2, 0) is 13.0 Å². The van der Waals surface area contributed by atoms with E-state index in [-0.39, 0.29) is 11.8 Å². The summed E-state index contributed by atoms with van der Waals surface area (Å²) >= 11 is 1.83. The zero-order chi connectivity index (χ0) is 14.1. The normalized spacial score (nSPS) is 17.4. The van der Waals surface area contributed by atoms with E-state index < -0.39 is 5.97 Å². The van der Waals surface area contributed by atoms with E-state index in [4.69, 9.17) is 9.52 Å². The predicted octanol–water partition coefficient (Wildman–Crippen LogP) is 3.55. The maximum Gasteiger partial charge on any atom is 0.371 e. The third-order valence-electron chi connectivity index (χ3n) is 3.86. The molecule has 5 heteroatoms. The van der Waals surface area contributed by atoms with E-state index in [1.807, 2.05) is 11.3 Å². The number of furan rings is 1. The van der Waals surface area contributed by atoms with Crippen LogP contribution in [0.2, 0.25) is 0 Å². The van der Waals surface area contributed by atoms with Gasteiger partial charge in [0.1, 0.15) is 5.76 Å². The van der Waals surface area contributed by atoms with Crippen molar-refractivity contribution in [2.24, 2.45) is 0 Å². The highest BCUT2D eigenvalue weighted by atomic mass is 32.1. The van der Waals surface area contributed by atoms with E-state index in [0.29, 0.717) is 0 Å². The first-order chi connectivity index (χ1) is 9.65. The average molecular weight is 291 g/mol. The Labute approximate surface area is 121 Å². The van der Waals surface area contributed by atoms with Crippen molar-refractivity contribution in [2.75, 3.05) is 6.54 Å². The highest BCUT2D eigenvalue weighted by Gasteiger charge is 2.23. The summed E-state index contributed by atoms with van der Waals surface area (Å²) in [5, 5.41) is 11.1. The zero-order valence-corrected chi connectivity index (χ0v) is 12.2. The number of carboxylic acid groups (broad SMARTS) is 1. The first kappa shape index (κ1) is 13.4. The molecular formula is C15H17NO3S. The summed E-state index contributed by atoms with van der Waals surface area (Å²) in [5.74, 6) is -0.279. The lowest BCUT2D eigenvalue weighted by atomic mass is 10.2. The summed E-state index contributed by atoms with van der Waals surface area (Å²) in [7, 11) is 0. The quantitative estimate of drug-likeness (QED) is 0.939. The number of carbonyl (C=O) groups is 1. The number of aryl methyl sites for hydroxylation is 1. The number of hydrogen-bond donors (Lipinski definition) is 1. The summed E-state index contributed by atoms with van der Waals surface area (Å²) in [6.45, 7) is 3.98. The highest BCUT2D eigenvalue weighted by molar-refractivity contribution is 7.10. The molecule has 2 aromatic rings. The molecule has 3 heterocycles. The van der Waals surface area contributed by atoms with Crippen molar-refractivity contribution >= 4 is 17.3 Å². The standard InChI is InChI=1S/C15H17NO3S/c1-10(12-4-5-13(19-12)15(17)18)16-7-2-3-14-11(9-16)6-8-20-14/h4-6,8,10H,2-3,7,9H2,1H3,(H,17,18). The molecule has 20 heavy (non-hydrogen) atoms. The molecule has 0 aromatic carbocycles. The van der Waals surface area contributed by atoms with Crippen molar-refractivity contribution in [3.05, 3.63) is 45.5 Å². The molecule has 1 atom stereocenters. The van der Waals surface area contributed by atoms with Gasteiger partial charge >= 0.3 is 5.97 Å². The largest absolute Gasteiger partial charge is 0.475 e. The molecule has 0 fully saturated rings. The van der Waals surface area contributed by atoms with Crippen LogP contribution in [0.3, 0.4) is 0 Å². The van der Waals surface area contributed by atoms with Gasteiger partial charge in [-0.15, -0.1) is 11.3 Å². The average Bonchev–Trinajstić information content (AvgIpc) is 3.03. The predicted molar refractivity (Wildman–Crippen MR) is 77.1 cm³/mol. The SMILES string of the molecule is CC(c1ccc(C(=O)O)o1)N1CCCc2sccc2C1. The minimum Gasteiger partial charge on any atom is -0.475 e. The van der Waals surface area contributed by atoms with Crippen LogP contribution in [0.1, 0.15) is 46.1 Å². The Morgan fingerprint density at radius 2 is 2.30 bits per heavy atom. The molecule has 106 valence electrons. The van der Waals surface area contributed by atoms with Gasteiger partial charge in [0.25, 0.3) is 0 Å². The number of nitrogens with zero attached hydrogens (tertiary/aromatic N) is 1. The van der Waals surface area contributed by atoms with E-state index in [2.05, 4.69) is 23.3 Å². The third-order valence-corrected chi connectivity index (χ3v) is 4.88. The highest BCUT2D eigenvalue weighted by Crippen LogP contribution is 2.30. The van der Waals surface area contributed by atoms with Crippen LogP contribution in [0.25, 0.3) is 0 Å². The van der Waals surface area contributed by atoms with Gasteiger partial charge in [-0.2, -0.15) is 0 Å². The lowest BCUT2D eigenvalue weighted by molar-refractivity contribution is 0.0655. The Kier molecular flexibility index (Phi) is 3.63. The first-order valence-corrected chi connectivity index (χ1v) is 7.65. The summed E-state index contributed by atoms with van der Waals surface area (Å²) < 4.78 is 5.43. The second-order valence-electron chi connectivity index (χ2n) is 5.13. The molecule has 3 rings (SSSR count). The van der Waals surface area contributed by atoms with Crippen LogP contribution in [0.15, 0.2) is 28.0 Å². The molecule has 2 aromatic heterocycles. The van der Waals surface area contributed by atoms with Gasteiger partial charge in [-0.1, -0.05) is 0 Å². The molecule has 0 saturated carbocycles. The zero-order valence-electron chi connectivity index (χ0n) is 11.3. The van der Waals surface area contributed by atoms with Crippen molar-refractivity contribution in [1.82, 2.24) is 4.90 Å². The number of hydrogen-bond acceptors (Lipinski definition) is 4. The number of rotatable bonds is 3. The van der Waals surface area contributed by atoms with E-state index in [1.54, 1.807) is 6.07 Å². The fourth-order valence-electron chi connectivity index (χ4n) is 2.67. The fourth-order valence-corrected chi connectivity index (χ4v) is 3.61. The van der Waals surface area contributed by atoms with Crippen molar-refractivity contribution in [3.63, 3.8) is 0 Å². The molecule has 0 radical (unpaired) electrons. The van der Waals surface area contributed by atoms with Gasteiger partial charge in [0.05, 0.1) is 6.04 Å². The summed E-state index contributed by atoms with van der Waals surface area (Å²) in [4.78, 5) is 14.7. The number of fused-ring (bicyclic) bond motifs is 1.